The van der Waals surface area contributed by atoms with E-state index in [2.05, 4.69) is 15.5 Å². The predicted molar refractivity (Wildman–Crippen MR) is 129 cm³/mol. The van der Waals surface area contributed by atoms with Crippen LogP contribution >= 0.6 is 0 Å². The minimum Gasteiger partial charge on any atom is -0.496 e. The molecule has 3 amide bonds. The van der Waals surface area contributed by atoms with Gasteiger partial charge in [-0.3, -0.25) is 9.69 Å². The van der Waals surface area contributed by atoms with E-state index >= 15 is 0 Å². The molecule has 35 heavy (non-hydrogen) atoms. The molecule has 1 saturated heterocycles. The summed E-state index contributed by atoms with van der Waals surface area (Å²) in [6, 6.07) is 3.57. The molecule has 0 saturated carbocycles. The van der Waals surface area contributed by atoms with Gasteiger partial charge in [0.1, 0.15) is 11.5 Å². The lowest BCUT2D eigenvalue weighted by Gasteiger charge is -2.39. The number of nitrogens with zero attached hydrogens (tertiary/aromatic N) is 3. The van der Waals surface area contributed by atoms with Gasteiger partial charge in [-0.2, -0.15) is 0 Å². The molecule has 3 N–H and O–H groups in total. The van der Waals surface area contributed by atoms with E-state index in [0.29, 0.717) is 49.7 Å². The maximum Gasteiger partial charge on any atom is 0.404 e. The summed E-state index contributed by atoms with van der Waals surface area (Å²) in [6.07, 6.45) is 1.34. The van der Waals surface area contributed by atoms with Crippen molar-refractivity contribution in [2.75, 3.05) is 40.9 Å². The molecular weight excluding hydrogens is 454 g/mol. The van der Waals surface area contributed by atoms with Gasteiger partial charge in [0.15, 0.2) is 0 Å². The molecule has 11 nitrogen and oxygen atoms in total. The number of nitrogens with one attached hydrogen (secondary N) is 2. The first-order chi connectivity index (χ1) is 16.7. The highest BCUT2D eigenvalue weighted by molar-refractivity contribution is 5.78. The van der Waals surface area contributed by atoms with Crippen LogP contribution in [0.25, 0.3) is 11.1 Å². The van der Waals surface area contributed by atoms with Crippen LogP contribution in [-0.4, -0.2) is 78.5 Å². The smallest absolute Gasteiger partial charge is 0.404 e. The van der Waals surface area contributed by atoms with Crippen molar-refractivity contribution in [2.24, 2.45) is 7.05 Å². The Bertz CT molecular complexity index is 1200. The normalized spacial score (nSPS) is 15.7. The average molecular weight is 486 g/mol. The number of carboxylic acid groups (broad SMARTS) is 1. The lowest BCUT2D eigenvalue weighted by atomic mass is 9.91. The third-order valence-corrected chi connectivity index (χ3v) is 6.64. The van der Waals surface area contributed by atoms with Crippen molar-refractivity contribution < 1.29 is 24.2 Å². The summed E-state index contributed by atoms with van der Waals surface area (Å²) in [4.78, 5) is 39.7. The van der Waals surface area contributed by atoms with Crippen molar-refractivity contribution >= 4 is 12.1 Å². The number of methoxy groups -OCH3 is 2. The van der Waals surface area contributed by atoms with Crippen LogP contribution in [0.15, 0.2) is 23.1 Å². The molecule has 2 aliphatic rings. The maximum absolute atomic E-state index is 12.9. The van der Waals surface area contributed by atoms with Crippen LogP contribution in [0.4, 0.5) is 9.59 Å². The Hall–Kier alpha value is -3.73. The van der Waals surface area contributed by atoms with Gasteiger partial charge in [0.05, 0.1) is 26.8 Å². The second kappa shape index (κ2) is 9.87. The van der Waals surface area contributed by atoms with Gasteiger partial charge in [-0.25, -0.2) is 9.59 Å². The number of pyridine rings is 1. The van der Waals surface area contributed by atoms with Gasteiger partial charge < -0.3 is 34.7 Å². The molecule has 0 aliphatic carbocycles. The van der Waals surface area contributed by atoms with Crippen LogP contribution in [0.2, 0.25) is 0 Å². The molecule has 1 fully saturated rings. The van der Waals surface area contributed by atoms with E-state index in [4.69, 9.17) is 14.6 Å². The van der Waals surface area contributed by atoms with Gasteiger partial charge in [-0.1, -0.05) is 0 Å². The summed E-state index contributed by atoms with van der Waals surface area (Å²) < 4.78 is 13.0. The Balaban J connectivity index is 1.69. The summed E-state index contributed by atoms with van der Waals surface area (Å²) in [5.41, 5.74) is 3.99. The number of benzene rings is 1. The van der Waals surface area contributed by atoms with E-state index in [1.54, 1.807) is 33.2 Å². The van der Waals surface area contributed by atoms with Crippen molar-refractivity contribution in [1.29, 1.82) is 0 Å². The quantitative estimate of drug-likeness (QED) is 0.562. The highest BCUT2D eigenvalue weighted by Gasteiger charge is 2.30. The van der Waals surface area contributed by atoms with Crippen molar-refractivity contribution in [3.8, 4) is 22.6 Å². The van der Waals surface area contributed by atoms with Crippen molar-refractivity contribution in [1.82, 2.24) is 25.0 Å². The molecule has 1 aromatic heterocycles. The monoisotopic (exact) mass is 485 g/mol. The van der Waals surface area contributed by atoms with Gasteiger partial charge in [-0.05, 0) is 24.1 Å². The fourth-order valence-corrected chi connectivity index (χ4v) is 4.86. The number of carbonyl (C=O) groups is 2. The first-order valence-corrected chi connectivity index (χ1v) is 11.4. The predicted octanol–water partition coefficient (Wildman–Crippen LogP) is 1.22. The van der Waals surface area contributed by atoms with Gasteiger partial charge in [-0.15, -0.1) is 0 Å². The Morgan fingerprint density at radius 1 is 1.11 bits per heavy atom. The van der Waals surface area contributed by atoms with E-state index in [1.165, 1.54) is 4.57 Å². The molecule has 2 aliphatic heterocycles. The average Bonchev–Trinajstić information content (AvgIpc) is 2.83. The highest BCUT2D eigenvalue weighted by Crippen LogP contribution is 2.39. The summed E-state index contributed by atoms with van der Waals surface area (Å²) >= 11 is 0. The number of fused-ring (bicyclic) bond motifs is 1. The zero-order valence-electron chi connectivity index (χ0n) is 20.4. The lowest BCUT2D eigenvalue weighted by molar-refractivity contribution is 0.110. The number of carbonyl (C=O) groups excluding carboxylic acids is 1. The number of amides is 3. The number of hydrogen-bond donors (Lipinski definition) is 3. The van der Waals surface area contributed by atoms with Crippen LogP contribution in [0.1, 0.15) is 16.7 Å². The summed E-state index contributed by atoms with van der Waals surface area (Å²) in [5.74, 6) is 1.33. The highest BCUT2D eigenvalue weighted by atomic mass is 16.5. The van der Waals surface area contributed by atoms with Gasteiger partial charge in [0, 0.05) is 68.7 Å². The van der Waals surface area contributed by atoms with Crippen molar-refractivity contribution in [3.63, 3.8) is 0 Å². The van der Waals surface area contributed by atoms with Crippen LogP contribution in [-0.2, 0) is 26.6 Å². The molecule has 0 spiro atoms. The standard InChI is InChI=1S/C24H31N5O6/c1-25-23(31)29-6-5-16-18(12-27(2)22(30)19(16)13-29)17-8-20(34-3)14(7-21(17)35-4)9-28-10-15(11-28)26-24(32)33/h7-8,12,15,26H,5-6,9-11,13H2,1-4H3,(H,25,31)(H,32,33). The van der Waals surface area contributed by atoms with Gasteiger partial charge >= 0.3 is 12.1 Å². The van der Waals surface area contributed by atoms with E-state index in [9.17, 15) is 14.4 Å². The largest absolute Gasteiger partial charge is 0.496 e. The number of likely N-dealkylation sites (tertiary alicyclic amines) is 1. The molecular formula is C24H31N5O6. The number of aryl methyl sites for hydroxylation is 1. The number of rotatable bonds is 6. The summed E-state index contributed by atoms with van der Waals surface area (Å²) in [7, 11) is 6.49. The number of hydrogen-bond acceptors (Lipinski definition) is 6. The van der Waals surface area contributed by atoms with E-state index in [-0.39, 0.29) is 24.2 Å². The number of aromatic nitrogens is 1. The van der Waals surface area contributed by atoms with E-state index < -0.39 is 6.09 Å². The van der Waals surface area contributed by atoms with Gasteiger partial charge in [0.2, 0.25) is 0 Å². The third kappa shape index (κ3) is 4.76. The molecule has 4 rings (SSSR count). The van der Waals surface area contributed by atoms with E-state index in [1.807, 2.05) is 18.3 Å². The molecule has 2 aromatic rings. The van der Waals surface area contributed by atoms with Crippen molar-refractivity contribution in [2.45, 2.75) is 25.6 Å². The topological polar surface area (TPSA) is 125 Å². The minimum absolute atomic E-state index is 0.0776. The Morgan fingerprint density at radius 2 is 1.83 bits per heavy atom. The maximum atomic E-state index is 12.9. The van der Waals surface area contributed by atoms with Crippen LogP contribution in [0.3, 0.4) is 0 Å². The number of urea groups is 1. The number of ether oxygens (including phenoxy) is 2. The van der Waals surface area contributed by atoms with Crippen molar-refractivity contribution in [3.05, 3.63) is 45.4 Å². The first kappa shape index (κ1) is 24.4. The second-order valence-corrected chi connectivity index (χ2v) is 8.85. The molecule has 3 heterocycles. The molecule has 0 radical (unpaired) electrons. The molecule has 11 heteroatoms. The summed E-state index contributed by atoms with van der Waals surface area (Å²) in [5, 5.41) is 14.0. The lowest BCUT2D eigenvalue weighted by Crippen LogP contribution is -2.58. The molecule has 0 unspecified atom stereocenters. The molecule has 0 bridgehead atoms. The Kier molecular flexibility index (Phi) is 6.88. The fraction of sp³-hybridized carbons (Fsp3) is 0.458. The SMILES string of the molecule is CNC(=O)N1CCc2c(-c3cc(OC)c(CN4CC(NC(=O)O)C4)cc3OC)cn(C)c(=O)c2C1. The van der Waals surface area contributed by atoms with E-state index in [0.717, 1.165) is 22.3 Å². The second-order valence-electron chi connectivity index (χ2n) is 8.85. The Labute approximate surface area is 203 Å². The first-order valence-electron chi connectivity index (χ1n) is 11.4. The zero-order valence-corrected chi connectivity index (χ0v) is 20.4. The van der Waals surface area contributed by atoms with Crippen LogP contribution < -0.4 is 25.7 Å². The van der Waals surface area contributed by atoms with Crippen LogP contribution in [0, 0.1) is 0 Å². The van der Waals surface area contributed by atoms with Crippen LogP contribution in [0.5, 0.6) is 11.5 Å². The third-order valence-electron chi connectivity index (χ3n) is 6.64. The summed E-state index contributed by atoms with van der Waals surface area (Å²) in [6.45, 7) is 2.58. The molecule has 1 aromatic carbocycles. The van der Waals surface area contributed by atoms with Gasteiger partial charge in [0.25, 0.3) is 5.56 Å². The molecule has 0 atom stereocenters. The zero-order chi connectivity index (χ0) is 25.3. The fourth-order valence-electron chi connectivity index (χ4n) is 4.86. The Morgan fingerprint density at radius 3 is 2.46 bits per heavy atom. The minimum atomic E-state index is -1.02. The molecule has 188 valence electrons.